The number of nitrogens with one attached hydrogen (secondary N) is 1. The third-order valence-electron chi connectivity index (χ3n) is 7.27. The highest BCUT2D eigenvalue weighted by Crippen LogP contribution is 2.35. The Morgan fingerprint density at radius 1 is 1.07 bits per heavy atom. The zero-order chi connectivity index (χ0) is 30.2. The van der Waals surface area contributed by atoms with E-state index in [-0.39, 0.29) is 21.4 Å². The van der Waals surface area contributed by atoms with Crippen molar-refractivity contribution < 1.29 is 27.5 Å². The number of thiazole rings is 1. The molecule has 3 aromatic rings. The van der Waals surface area contributed by atoms with Gasteiger partial charge in [0.1, 0.15) is 11.6 Å². The van der Waals surface area contributed by atoms with Crippen molar-refractivity contribution >= 4 is 38.8 Å². The summed E-state index contributed by atoms with van der Waals surface area (Å²) in [5.74, 6) is -1.56. The molecule has 0 unspecified atom stereocenters. The van der Waals surface area contributed by atoms with Crippen LogP contribution in [0.4, 0.5) is 23.1 Å². The van der Waals surface area contributed by atoms with Gasteiger partial charge in [-0.05, 0) is 52.0 Å². The van der Waals surface area contributed by atoms with E-state index in [4.69, 9.17) is 4.74 Å². The number of likely N-dealkylation sites (tertiary alicyclic amines) is 1. The van der Waals surface area contributed by atoms with Crippen LogP contribution in [0.25, 0.3) is 10.3 Å². The van der Waals surface area contributed by atoms with Crippen molar-refractivity contribution in [3.05, 3.63) is 52.1 Å². The van der Waals surface area contributed by atoms with Gasteiger partial charge in [0.2, 0.25) is 11.7 Å². The van der Waals surface area contributed by atoms with Crippen molar-refractivity contribution in [3.63, 3.8) is 0 Å². The van der Waals surface area contributed by atoms with Crippen LogP contribution in [0.5, 0.6) is 0 Å². The monoisotopic (exact) mass is 606 g/mol. The second-order valence-electron chi connectivity index (χ2n) is 11.5. The summed E-state index contributed by atoms with van der Waals surface area (Å²) in [5, 5.41) is 3.19. The average molecular weight is 607 g/mol. The number of rotatable bonds is 6. The number of benzene rings is 1. The molecular weight excluding hydrogens is 573 g/mol. The Hall–Kier alpha value is -3.68. The van der Waals surface area contributed by atoms with Crippen LogP contribution in [0, 0.1) is 0 Å². The van der Waals surface area contributed by atoms with Crippen molar-refractivity contribution in [2.45, 2.75) is 83.4 Å². The Labute approximate surface area is 244 Å². The third kappa shape index (κ3) is 6.37. The molecule has 1 N–H and O–H groups in total. The van der Waals surface area contributed by atoms with Crippen LogP contribution < -0.4 is 15.8 Å². The van der Waals surface area contributed by atoms with E-state index >= 15 is 0 Å². The van der Waals surface area contributed by atoms with Gasteiger partial charge in [-0.15, -0.1) is 0 Å². The van der Waals surface area contributed by atoms with E-state index in [0.29, 0.717) is 49.9 Å². The quantitative estimate of drug-likeness (QED) is 0.438. The average Bonchev–Trinajstić information content (AvgIpc) is 3.67. The van der Waals surface area contributed by atoms with E-state index < -0.39 is 47.9 Å². The first kappa shape index (κ1) is 29.8. The van der Waals surface area contributed by atoms with Crippen molar-refractivity contribution in [1.29, 1.82) is 0 Å². The Balaban J connectivity index is 1.42. The number of carbonyl (C=O) groups is 2. The molecule has 4 heterocycles. The molecule has 2 aliphatic rings. The fraction of sp³-hybridized carbons (Fsp3) is 0.536. The molecule has 42 heavy (non-hydrogen) atoms. The molecule has 2 atom stereocenters. The topological polar surface area (TPSA) is 110 Å². The SMILES string of the molecule is CC(C)(C)OC(=O)N1CCC[C@@H]1Cn1c(C(F)(F)F)nc2sc(N3CCC[C@@H]3C(=O)NCc3ccccc3)nc2c1=O. The lowest BCUT2D eigenvalue weighted by atomic mass is 10.2. The first-order chi connectivity index (χ1) is 19.8. The molecule has 2 saturated heterocycles. The standard InChI is InChI=1S/C28H33F3N6O4S/c1-27(2,3)41-26(40)35-13-7-11-18(35)16-37-23(39)20-22(34-24(37)28(29,30)31)42-25(33-20)36-14-8-12-19(36)21(38)32-15-17-9-5-4-6-10-17/h4-6,9-10,18-19H,7-8,11-16H2,1-3H3,(H,32,38)/t18-,19-/m1/s1. The number of anilines is 1. The number of fused-ring (bicyclic) bond motifs is 1. The minimum Gasteiger partial charge on any atom is -0.444 e. The summed E-state index contributed by atoms with van der Waals surface area (Å²) in [5.41, 5.74) is -0.968. The predicted molar refractivity (Wildman–Crippen MR) is 151 cm³/mol. The van der Waals surface area contributed by atoms with Gasteiger partial charge in [-0.25, -0.2) is 14.8 Å². The smallest absolute Gasteiger partial charge is 0.444 e. The normalized spacial score (nSPS) is 19.5. The molecule has 10 nitrogen and oxygen atoms in total. The maximum absolute atomic E-state index is 14.2. The van der Waals surface area contributed by atoms with Crippen LogP contribution in [0.2, 0.25) is 0 Å². The fourth-order valence-corrected chi connectivity index (χ4v) is 6.38. The van der Waals surface area contributed by atoms with Gasteiger partial charge >= 0.3 is 12.3 Å². The summed E-state index contributed by atoms with van der Waals surface area (Å²) in [6.07, 6.45) is -3.34. The zero-order valence-electron chi connectivity index (χ0n) is 23.6. The van der Waals surface area contributed by atoms with E-state index in [1.54, 1.807) is 25.7 Å². The lowest BCUT2D eigenvalue weighted by Crippen LogP contribution is -2.44. The van der Waals surface area contributed by atoms with Gasteiger partial charge in [-0.3, -0.25) is 14.2 Å². The van der Waals surface area contributed by atoms with Crippen LogP contribution in [-0.2, 0) is 28.8 Å². The first-order valence-corrected chi connectivity index (χ1v) is 14.7. The van der Waals surface area contributed by atoms with E-state index in [2.05, 4.69) is 15.3 Å². The minimum absolute atomic E-state index is 0.149. The van der Waals surface area contributed by atoms with Gasteiger partial charge in [0.05, 0.1) is 6.04 Å². The maximum Gasteiger partial charge on any atom is 0.449 e. The summed E-state index contributed by atoms with van der Waals surface area (Å²) in [6, 6.07) is 8.18. The molecule has 2 aliphatic heterocycles. The van der Waals surface area contributed by atoms with Crippen LogP contribution in [0.3, 0.4) is 0 Å². The highest BCUT2D eigenvalue weighted by atomic mass is 32.1. The van der Waals surface area contributed by atoms with Gasteiger partial charge in [0.15, 0.2) is 15.5 Å². The molecule has 1 aromatic carbocycles. The molecule has 5 rings (SSSR count). The van der Waals surface area contributed by atoms with Gasteiger partial charge in [0.25, 0.3) is 5.56 Å². The summed E-state index contributed by atoms with van der Waals surface area (Å²) in [7, 11) is 0. The maximum atomic E-state index is 14.2. The van der Waals surface area contributed by atoms with Crippen molar-refractivity contribution in [2.75, 3.05) is 18.0 Å². The summed E-state index contributed by atoms with van der Waals surface area (Å²) in [4.78, 5) is 50.5. The number of ether oxygens (including phenoxy) is 1. The molecular formula is C28H33F3N6O4S. The highest BCUT2D eigenvalue weighted by Gasteiger charge is 2.41. The first-order valence-electron chi connectivity index (χ1n) is 13.9. The second kappa shape index (κ2) is 11.5. The molecule has 0 saturated carbocycles. The van der Waals surface area contributed by atoms with Crippen LogP contribution in [0.15, 0.2) is 35.1 Å². The van der Waals surface area contributed by atoms with Gasteiger partial charge in [-0.1, -0.05) is 41.7 Å². The van der Waals surface area contributed by atoms with E-state index in [1.807, 2.05) is 30.3 Å². The number of nitrogens with zero attached hydrogens (tertiary/aromatic N) is 5. The highest BCUT2D eigenvalue weighted by molar-refractivity contribution is 7.21. The molecule has 226 valence electrons. The number of carbonyl (C=O) groups excluding carboxylic acids is 2. The number of hydrogen-bond acceptors (Lipinski definition) is 8. The molecule has 0 spiro atoms. The third-order valence-corrected chi connectivity index (χ3v) is 8.26. The Bertz CT molecular complexity index is 1520. The largest absolute Gasteiger partial charge is 0.449 e. The molecule has 0 aliphatic carbocycles. The van der Waals surface area contributed by atoms with Crippen molar-refractivity contribution in [2.24, 2.45) is 0 Å². The Morgan fingerprint density at radius 3 is 2.48 bits per heavy atom. The second-order valence-corrected chi connectivity index (χ2v) is 12.5. The molecule has 14 heteroatoms. The van der Waals surface area contributed by atoms with E-state index in [0.717, 1.165) is 16.9 Å². The van der Waals surface area contributed by atoms with Crippen molar-refractivity contribution in [1.82, 2.24) is 24.8 Å². The van der Waals surface area contributed by atoms with Crippen molar-refractivity contribution in [3.8, 4) is 0 Å². The number of amides is 2. The van der Waals surface area contributed by atoms with Crippen LogP contribution >= 0.6 is 11.3 Å². The fourth-order valence-electron chi connectivity index (χ4n) is 5.37. The molecule has 0 bridgehead atoms. The summed E-state index contributed by atoms with van der Waals surface area (Å²) >= 11 is 0.864. The van der Waals surface area contributed by atoms with E-state index in [9.17, 15) is 27.6 Å². The van der Waals surface area contributed by atoms with Gasteiger partial charge in [0, 0.05) is 26.2 Å². The Morgan fingerprint density at radius 2 is 1.79 bits per heavy atom. The van der Waals surface area contributed by atoms with Crippen LogP contribution in [-0.4, -0.2) is 62.2 Å². The zero-order valence-corrected chi connectivity index (χ0v) is 24.4. The van der Waals surface area contributed by atoms with Gasteiger partial charge in [-0.2, -0.15) is 13.2 Å². The lowest BCUT2D eigenvalue weighted by Gasteiger charge is -2.29. The number of aromatic nitrogens is 3. The van der Waals surface area contributed by atoms with Crippen LogP contribution in [0.1, 0.15) is 57.8 Å². The molecule has 2 amide bonds. The summed E-state index contributed by atoms with van der Waals surface area (Å²) < 4.78 is 48.6. The van der Waals surface area contributed by atoms with Gasteiger partial charge < -0.3 is 19.9 Å². The Kier molecular flexibility index (Phi) is 8.19. The lowest BCUT2D eigenvalue weighted by molar-refractivity contribution is -0.148. The predicted octanol–water partition coefficient (Wildman–Crippen LogP) is 4.56. The van der Waals surface area contributed by atoms with E-state index in [1.165, 1.54) is 4.90 Å². The number of alkyl halides is 3. The summed E-state index contributed by atoms with van der Waals surface area (Å²) in [6.45, 7) is 5.85. The number of hydrogen-bond donors (Lipinski definition) is 1. The molecule has 0 radical (unpaired) electrons. The number of halogens is 3. The minimum atomic E-state index is -4.92. The molecule has 2 aromatic heterocycles. The molecule has 2 fully saturated rings.